The Balaban J connectivity index is 1.60. The summed E-state index contributed by atoms with van der Waals surface area (Å²) in [5, 5.41) is 3.59. The van der Waals surface area contributed by atoms with Crippen molar-refractivity contribution in [2.75, 3.05) is 39.4 Å². The van der Waals surface area contributed by atoms with Gasteiger partial charge in [-0.05, 0) is 32.1 Å². The second-order valence-corrected chi connectivity index (χ2v) is 5.92. The predicted octanol–water partition coefficient (Wildman–Crippen LogP) is 2.03. The quantitative estimate of drug-likeness (QED) is 0.754. The van der Waals surface area contributed by atoms with Gasteiger partial charge in [0.1, 0.15) is 6.61 Å². The first-order valence-corrected chi connectivity index (χ1v) is 7.01. The Morgan fingerprint density at radius 2 is 2.11 bits per heavy atom. The molecule has 0 amide bonds. The lowest BCUT2D eigenvalue weighted by Crippen LogP contribution is -2.60. The van der Waals surface area contributed by atoms with Crippen LogP contribution in [0.5, 0.6) is 0 Å². The molecule has 1 atom stereocenters. The summed E-state index contributed by atoms with van der Waals surface area (Å²) in [4.78, 5) is 2.34. The van der Waals surface area contributed by atoms with Crippen molar-refractivity contribution in [2.24, 2.45) is 5.92 Å². The number of alkyl halides is 3. The van der Waals surface area contributed by atoms with E-state index in [9.17, 15) is 13.2 Å². The van der Waals surface area contributed by atoms with Crippen molar-refractivity contribution in [3.8, 4) is 0 Å². The van der Waals surface area contributed by atoms with Crippen LogP contribution in [0.1, 0.15) is 26.2 Å². The van der Waals surface area contributed by atoms with Crippen LogP contribution in [0.15, 0.2) is 0 Å². The molecule has 0 bridgehead atoms. The molecule has 1 aliphatic heterocycles. The van der Waals surface area contributed by atoms with E-state index in [2.05, 4.69) is 21.9 Å². The average Bonchev–Trinajstić information content (AvgIpc) is 3.11. The van der Waals surface area contributed by atoms with Crippen molar-refractivity contribution in [1.29, 1.82) is 0 Å². The topological polar surface area (TPSA) is 24.5 Å². The molecule has 1 unspecified atom stereocenters. The highest BCUT2D eigenvalue weighted by Gasteiger charge is 2.43. The van der Waals surface area contributed by atoms with Gasteiger partial charge in [-0.15, -0.1) is 0 Å². The zero-order chi connectivity index (χ0) is 13.9. The average molecular weight is 280 g/mol. The van der Waals surface area contributed by atoms with Crippen molar-refractivity contribution in [3.05, 3.63) is 0 Å². The third-order valence-corrected chi connectivity index (χ3v) is 4.02. The van der Waals surface area contributed by atoms with E-state index in [4.69, 9.17) is 0 Å². The number of hydrogen-bond acceptors (Lipinski definition) is 3. The fourth-order valence-electron chi connectivity index (χ4n) is 2.86. The molecule has 1 aliphatic carbocycles. The largest absolute Gasteiger partial charge is 0.411 e. The van der Waals surface area contributed by atoms with Crippen molar-refractivity contribution in [2.45, 2.75) is 37.9 Å². The Morgan fingerprint density at radius 3 is 2.74 bits per heavy atom. The van der Waals surface area contributed by atoms with Gasteiger partial charge in [-0.2, -0.15) is 13.2 Å². The van der Waals surface area contributed by atoms with Crippen molar-refractivity contribution in [1.82, 2.24) is 10.2 Å². The van der Waals surface area contributed by atoms with Crippen LogP contribution in [0.4, 0.5) is 13.2 Å². The molecule has 19 heavy (non-hydrogen) atoms. The van der Waals surface area contributed by atoms with Crippen LogP contribution >= 0.6 is 0 Å². The third kappa shape index (κ3) is 4.93. The molecular weight excluding hydrogens is 257 g/mol. The van der Waals surface area contributed by atoms with E-state index in [0.29, 0.717) is 6.42 Å². The Labute approximate surface area is 112 Å². The van der Waals surface area contributed by atoms with E-state index in [0.717, 1.165) is 32.1 Å². The summed E-state index contributed by atoms with van der Waals surface area (Å²) in [6.45, 7) is 5.08. The maximum Gasteiger partial charge on any atom is 0.411 e. The van der Waals surface area contributed by atoms with Gasteiger partial charge < -0.3 is 15.0 Å². The Morgan fingerprint density at radius 1 is 1.37 bits per heavy atom. The minimum absolute atomic E-state index is 0.184. The Kier molecular flexibility index (Phi) is 4.74. The summed E-state index contributed by atoms with van der Waals surface area (Å²) in [5.74, 6) is 0.775. The molecule has 2 fully saturated rings. The molecule has 0 spiro atoms. The zero-order valence-electron chi connectivity index (χ0n) is 11.4. The summed E-state index contributed by atoms with van der Waals surface area (Å²) in [6, 6.07) is 0. The maximum absolute atomic E-state index is 11.9. The van der Waals surface area contributed by atoms with Crippen molar-refractivity contribution < 1.29 is 17.9 Å². The molecule has 1 heterocycles. The van der Waals surface area contributed by atoms with Crippen LogP contribution in [0, 0.1) is 5.92 Å². The molecule has 3 nitrogen and oxygen atoms in total. The number of ether oxygens (including phenoxy) is 1. The molecule has 1 saturated carbocycles. The normalized spacial score (nSPS) is 29.7. The summed E-state index contributed by atoms with van der Waals surface area (Å²) in [7, 11) is 0. The molecule has 2 aliphatic rings. The molecule has 0 aromatic heterocycles. The van der Waals surface area contributed by atoms with E-state index in [-0.39, 0.29) is 12.1 Å². The van der Waals surface area contributed by atoms with Crippen LogP contribution < -0.4 is 5.32 Å². The smallest absolute Gasteiger partial charge is 0.372 e. The zero-order valence-corrected chi connectivity index (χ0v) is 11.4. The minimum Gasteiger partial charge on any atom is -0.372 e. The maximum atomic E-state index is 11.9. The first-order chi connectivity index (χ1) is 8.89. The van der Waals surface area contributed by atoms with E-state index in [1.807, 2.05) is 0 Å². The Bertz CT molecular complexity index is 294. The summed E-state index contributed by atoms with van der Waals surface area (Å²) < 4.78 is 40.3. The van der Waals surface area contributed by atoms with E-state index in [1.165, 1.54) is 12.8 Å². The number of nitrogens with zero attached hydrogens (tertiary/aromatic N) is 1. The van der Waals surface area contributed by atoms with Crippen LogP contribution in [-0.2, 0) is 4.74 Å². The highest BCUT2D eigenvalue weighted by atomic mass is 19.4. The van der Waals surface area contributed by atoms with Crippen molar-refractivity contribution >= 4 is 0 Å². The lowest BCUT2D eigenvalue weighted by molar-refractivity contribution is -0.174. The third-order valence-electron chi connectivity index (χ3n) is 4.02. The highest BCUT2D eigenvalue weighted by molar-refractivity contribution is 5.01. The van der Waals surface area contributed by atoms with E-state index >= 15 is 0 Å². The SMILES string of the molecule is CC1(C2CC2)CN(CCCOCC(F)(F)F)CCN1. The second-order valence-electron chi connectivity index (χ2n) is 5.92. The van der Waals surface area contributed by atoms with E-state index in [1.54, 1.807) is 0 Å². The standard InChI is InChI=1S/C13H23F3N2O/c1-12(11-3-4-11)9-18(7-5-17-12)6-2-8-19-10-13(14,15)16/h11,17H,2-10H2,1H3. The lowest BCUT2D eigenvalue weighted by Gasteiger charge is -2.42. The van der Waals surface area contributed by atoms with Crippen molar-refractivity contribution in [3.63, 3.8) is 0 Å². The van der Waals surface area contributed by atoms with Gasteiger partial charge in [0.05, 0.1) is 0 Å². The van der Waals surface area contributed by atoms with Gasteiger partial charge in [-0.25, -0.2) is 0 Å². The van der Waals surface area contributed by atoms with Gasteiger partial charge in [0.15, 0.2) is 0 Å². The van der Waals surface area contributed by atoms with Gasteiger partial charge in [-0.1, -0.05) is 0 Å². The summed E-state index contributed by atoms with van der Waals surface area (Å²) >= 11 is 0. The first-order valence-electron chi connectivity index (χ1n) is 7.01. The molecule has 6 heteroatoms. The van der Waals surface area contributed by atoms with Gasteiger partial charge in [-0.3, -0.25) is 0 Å². The number of rotatable bonds is 6. The highest BCUT2D eigenvalue weighted by Crippen LogP contribution is 2.40. The molecule has 112 valence electrons. The lowest BCUT2D eigenvalue weighted by atomic mass is 9.93. The Hall–Kier alpha value is -0.330. The number of hydrogen-bond donors (Lipinski definition) is 1. The van der Waals surface area contributed by atoms with Crippen LogP contribution in [0.3, 0.4) is 0 Å². The van der Waals surface area contributed by atoms with Gasteiger partial charge in [0.2, 0.25) is 0 Å². The molecule has 0 radical (unpaired) electrons. The van der Waals surface area contributed by atoms with E-state index < -0.39 is 12.8 Å². The second kappa shape index (κ2) is 5.97. The van der Waals surface area contributed by atoms with Crippen LogP contribution in [-0.4, -0.2) is 56.0 Å². The first kappa shape index (κ1) is 15.1. The minimum atomic E-state index is -4.21. The summed E-state index contributed by atoms with van der Waals surface area (Å²) in [5.41, 5.74) is 0.199. The molecule has 1 saturated heterocycles. The van der Waals surface area contributed by atoms with Crippen LogP contribution in [0.25, 0.3) is 0 Å². The number of halogens is 3. The molecule has 1 N–H and O–H groups in total. The molecule has 2 rings (SSSR count). The number of piperazine rings is 1. The monoisotopic (exact) mass is 280 g/mol. The predicted molar refractivity (Wildman–Crippen MR) is 67.1 cm³/mol. The van der Waals surface area contributed by atoms with Gasteiger partial charge in [0, 0.05) is 38.3 Å². The molecule has 0 aromatic carbocycles. The van der Waals surface area contributed by atoms with Gasteiger partial charge in [0.25, 0.3) is 0 Å². The fourth-order valence-corrected chi connectivity index (χ4v) is 2.86. The summed E-state index contributed by atoms with van der Waals surface area (Å²) in [6.07, 6.45) is -0.950. The van der Waals surface area contributed by atoms with Gasteiger partial charge >= 0.3 is 6.18 Å². The fraction of sp³-hybridized carbons (Fsp3) is 1.00. The van der Waals surface area contributed by atoms with Crippen LogP contribution in [0.2, 0.25) is 0 Å². The number of nitrogens with one attached hydrogen (secondary N) is 1. The molecular formula is C13H23F3N2O. The molecule has 0 aromatic rings.